The van der Waals surface area contributed by atoms with E-state index < -0.39 is 17.4 Å². The van der Waals surface area contributed by atoms with Gasteiger partial charge in [-0.3, -0.25) is 0 Å². The third kappa shape index (κ3) is 2.06. The average Bonchev–Trinajstić information content (AvgIpc) is 2.32. The lowest BCUT2D eigenvalue weighted by Crippen LogP contribution is -2.27. The van der Waals surface area contributed by atoms with E-state index in [-0.39, 0.29) is 10.4 Å². The molecule has 0 radical (unpaired) electrons. The van der Waals surface area contributed by atoms with Crippen LogP contribution in [-0.2, 0) is 0 Å². The van der Waals surface area contributed by atoms with Crippen LogP contribution in [0.1, 0.15) is 24.3 Å². The van der Waals surface area contributed by atoms with E-state index in [4.69, 9.17) is 0 Å². The molecular weight excluding hydrogens is 280 g/mol. The van der Waals surface area contributed by atoms with Crippen molar-refractivity contribution in [3.8, 4) is 5.75 Å². The summed E-state index contributed by atoms with van der Waals surface area (Å²) in [6.45, 7) is 1.62. The first kappa shape index (κ1) is 11.8. The van der Waals surface area contributed by atoms with Gasteiger partial charge in [0.1, 0.15) is 0 Å². The van der Waals surface area contributed by atoms with Crippen molar-refractivity contribution < 1.29 is 13.9 Å². The number of hydrogen-bond donors (Lipinski definition) is 2. The summed E-state index contributed by atoms with van der Waals surface area (Å²) in [5.74, 6) is -2.72. The summed E-state index contributed by atoms with van der Waals surface area (Å²) in [6, 6.07) is 1.48. The molecule has 0 bridgehead atoms. The quantitative estimate of drug-likeness (QED) is 0.780. The van der Waals surface area contributed by atoms with Crippen LogP contribution in [-0.4, -0.2) is 18.2 Å². The molecule has 2 N–H and O–H groups in total. The SMILES string of the molecule is Oc1c(Br)cc(C2CCNCC2)c(F)c1F. The summed E-state index contributed by atoms with van der Waals surface area (Å²) in [6.07, 6.45) is 1.57. The predicted octanol–water partition coefficient (Wildman–Crippen LogP) is 2.90. The van der Waals surface area contributed by atoms with E-state index in [0.29, 0.717) is 5.56 Å². The van der Waals surface area contributed by atoms with Crippen molar-refractivity contribution in [1.82, 2.24) is 5.32 Å². The summed E-state index contributed by atoms with van der Waals surface area (Å²) in [4.78, 5) is 0. The van der Waals surface area contributed by atoms with Gasteiger partial charge in [-0.15, -0.1) is 0 Å². The number of rotatable bonds is 1. The number of halogens is 3. The molecule has 1 aromatic rings. The van der Waals surface area contributed by atoms with Crippen LogP contribution in [0.2, 0.25) is 0 Å². The first-order chi connectivity index (χ1) is 7.61. The minimum absolute atomic E-state index is 0.0210. The smallest absolute Gasteiger partial charge is 0.201 e. The third-order valence-corrected chi connectivity index (χ3v) is 3.55. The molecule has 0 spiro atoms. The van der Waals surface area contributed by atoms with Gasteiger partial charge in [0.05, 0.1) is 4.47 Å². The van der Waals surface area contributed by atoms with Gasteiger partial charge in [-0.1, -0.05) is 0 Å². The van der Waals surface area contributed by atoms with Crippen LogP contribution in [0, 0.1) is 11.6 Å². The van der Waals surface area contributed by atoms with Crippen LogP contribution in [0.5, 0.6) is 5.75 Å². The zero-order chi connectivity index (χ0) is 11.7. The third-order valence-electron chi connectivity index (χ3n) is 2.94. The van der Waals surface area contributed by atoms with E-state index in [1.165, 1.54) is 6.07 Å². The molecule has 2 nitrogen and oxygen atoms in total. The van der Waals surface area contributed by atoms with E-state index in [1.807, 2.05) is 0 Å². The van der Waals surface area contributed by atoms with Crippen molar-refractivity contribution in [2.75, 3.05) is 13.1 Å². The van der Waals surface area contributed by atoms with Crippen molar-refractivity contribution >= 4 is 15.9 Å². The monoisotopic (exact) mass is 291 g/mol. The second kappa shape index (κ2) is 4.67. The second-order valence-electron chi connectivity index (χ2n) is 3.95. The molecule has 1 heterocycles. The number of aromatic hydroxyl groups is 1. The van der Waals surface area contributed by atoms with Gasteiger partial charge in [0.2, 0.25) is 5.82 Å². The molecule has 88 valence electrons. The molecular formula is C11H12BrF2NO. The van der Waals surface area contributed by atoms with Crippen LogP contribution >= 0.6 is 15.9 Å². The maximum absolute atomic E-state index is 13.7. The minimum Gasteiger partial charge on any atom is -0.504 e. The Balaban J connectivity index is 2.40. The van der Waals surface area contributed by atoms with Gasteiger partial charge in [-0.25, -0.2) is 4.39 Å². The molecule has 1 saturated heterocycles. The molecule has 16 heavy (non-hydrogen) atoms. The Morgan fingerprint density at radius 1 is 1.25 bits per heavy atom. The molecule has 0 aliphatic carbocycles. The Labute approximate surface area is 101 Å². The van der Waals surface area contributed by atoms with Gasteiger partial charge in [0.15, 0.2) is 11.6 Å². The average molecular weight is 292 g/mol. The lowest BCUT2D eigenvalue weighted by atomic mass is 9.90. The van der Waals surface area contributed by atoms with Crippen LogP contribution in [0.25, 0.3) is 0 Å². The fourth-order valence-electron chi connectivity index (χ4n) is 2.03. The molecule has 1 aliphatic heterocycles. The first-order valence-electron chi connectivity index (χ1n) is 5.18. The highest BCUT2D eigenvalue weighted by molar-refractivity contribution is 9.10. The van der Waals surface area contributed by atoms with Crippen LogP contribution in [0.4, 0.5) is 8.78 Å². The molecule has 5 heteroatoms. The molecule has 0 amide bonds. The topological polar surface area (TPSA) is 32.3 Å². The van der Waals surface area contributed by atoms with Crippen LogP contribution < -0.4 is 5.32 Å². The lowest BCUT2D eigenvalue weighted by Gasteiger charge is -2.23. The zero-order valence-electron chi connectivity index (χ0n) is 8.56. The Hall–Kier alpha value is -0.680. The van der Waals surface area contributed by atoms with E-state index in [1.54, 1.807) is 0 Å². The standard InChI is InChI=1S/C11H12BrF2NO/c12-8-5-7(6-1-3-15-4-2-6)9(13)10(14)11(8)16/h5-6,15-16H,1-4H2. The minimum atomic E-state index is -1.16. The number of piperidine rings is 1. The predicted molar refractivity (Wildman–Crippen MR) is 60.6 cm³/mol. The Bertz CT molecular complexity index is 405. The number of hydrogen-bond acceptors (Lipinski definition) is 2. The highest BCUT2D eigenvalue weighted by Crippen LogP contribution is 2.36. The van der Waals surface area contributed by atoms with Gasteiger partial charge in [0, 0.05) is 0 Å². The van der Waals surface area contributed by atoms with Crippen molar-refractivity contribution in [2.24, 2.45) is 0 Å². The molecule has 1 fully saturated rings. The zero-order valence-corrected chi connectivity index (χ0v) is 10.2. The van der Waals surface area contributed by atoms with E-state index >= 15 is 0 Å². The van der Waals surface area contributed by atoms with Gasteiger partial charge in [-0.05, 0) is 59.4 Å². The van der Waals surface area contributed by atoms with Crippen molar-refractivity contribution in [2.45, 2.75) is 18.8 Å². The number of benzene rings is 1. The Morgan fingerprint density at radius 2 is 1.88 bits per heavy atom. The van der Waals surface area contributed by atoms with Gasteiger partial charge < -0.3 is 10.4 Å². The molecule has 0 saturated carbocycles. The van der Waals surface area contributed by atoms with Crippen molar-refractivity contribution in [3.05, 3.63) is 27.7 Å². The molecule has 0 atom stereocenters. The van der Waals surface area contributed by atoms with Crippen molar-refractivity contribution in [3.63, 3.8) is 0 Å². The van der Waals surface area contributed by atoms with Crippen molar-refractivity contribution in [1.29, 1.82) is 0 Å². The largest absolute Gasteiger partial charge is 0.504 e. The molecule has 0 aromatic heterocycles. The fraction of sp³-hybridized carbons (Fsp3) is 0.455. The Kier molecular flexibility index (Phi) is 3.44. The molecule has 1 aromatic carbocycles. The van der Waals surface area contributed by atoms with Gasteiger partial charge in [-0.2, -0.15) is 4.39 Å². The highest BCUT2D eigenvalue weighted by Gasteiger charge is 2.24. The lowest BCUT2D eigenvalue weighted by molar-refractivity contribution is 0.388. The maximum Gasteiger partial charge on any atom is 0.201 e. The van der Waals surface area contributed by atoms with Crippen LogP contribution in [0.15, 0.2) is 10.5 Å². The number of nitrogens with one attached hydrogen (secondary N) is 1. The summed E-state index contributed by atoms with van der Waals surface area (Å²) in [5.41, 5.74) is 0.351. The fourth-order valence-corrected chi connectivity index (χ4v) is 2.45. The Morgan fingerprint density at radius 3 is 2.50 bits per heavy atom. The first-order valence-corrected chi connectivity index (χ1v) is 5.97. The number of phenolic OH excluding ortho intramolecular Hbond substituents is 1. The van der Waals surface area contributed by atoms with E-state index in [9.17, 15) is 13.9 Å². The number of phenols is 1. The normalized spacial score (nSPS) is 17.7. The summed E-state index contributed by atoms with van der Waals surface area (Å²) >= 11 is 3.03. The maximum atomic E-state index is 13.7. The summed E-state index contributed by atoms with van der Waals surface area (Å²) in [5, 5.41) is 12.4. The van der Waals surface area contributed by atoms with Gasteiger partial charge >= 0.3 is 0 Å². The van der Waals surface area contributed by atoms with Gasteiger partial charge in [0.25, 0.3) is 0 Å². The summed E-state index contributed by atoms with van der Waals surface area (Å²) in [7, 11) is 0. The molecule has 2 rings (SSSR count). The highest BCUT2D eigenvalue weighted by atomic mass is 79.9. The van der Waals surface area contributed by atoms with E-state index in [2.05, 4.69) is 21.2 Å². The second-order valence-corrected chi connectivity index (χ2v) is 4.80. The molecule has 1 aliphatic rings. The summed E-state index contributed by atoms with van der Waals surface area (Å²) < 4.78 is 27.2. The molecule has 0 unspecified atom stereocenters. The van der Waals surface area contributed by atoms with Crippen LogP contribution in [0.3, 0.4) is 0 Å². The van der Waals surface area contributed by atoms with E-state index in [0.717, 1.165) is 25.9 Å².